The van der Waals surface area contributed by atoms with Gasteiger partial charge in [0.05, 0.1) is 40.0 Å². The number of imide groups is 1. The average Bonchev–Trinajstić information content (AvgIpc) is 3.55. The fourth-order valence-electron chi connectivity index (χ4n) is 7.27. The Morgan fingerprint density at radius 1 is 1.06 bits per heavy atom. The second kappa shape index (κ2) is 13.4. The Morgan fingerprint density at radius 3 is 2.56 bits per heavy atom. The van der Waals surface area contributed by atoms with Crippen LogP contribution in [0.5, 0.6) is 0 Å². The monoisotopic (exact) mass is 705 g/mol. The molecule has 5 aromatic rings. The number of hydrogen-bond donors (Lipinski definition) is 4. The number of carbonyl (C=O) groups excluding carboxylic acids is 2. The molecule has 4 N–H and O–H groups in total. The topological polar surface area (TPSA) is 188 Å². The largest absolute Gasteiger partial charge is 0.390 e. The van der Waals surface area contributed by atoms with E-state index in [1.165, 1.54) is 6.20 Å². The lowest BCUT2D eigenvalue weighted by molar-refractivity contribution is -0.134. The number of fused-ring (bicyclic) bond motifs is 2. The zero-order valence-electron chi connectivity index (χ0n) is 30.0. The van der Waals surface area contributed by atoms with Crippen LogP contribution in [0.25, 0.3) is 21.9 Å². The molecule has 0 bridgehead atoms. The van der Waals surface area contributed by atoms with E-state index in [1.807, 2.05) is 37.4 Å². The van der Waals surface area contributed by atoms with Gasteiger partial charge >= 0.3 is 5.69 Å². The Kier molecular flexibility index (Phi) is 8.95. The number of nitriles is 1. The lowest BCUT2D eigenvalue weighted by Crippen LogP contribution is -2.46. The zero-order valence-corrected chi connectivity index (χ0v) is 30.0. The SMILES string of the molecule is C[C@@H]1CN(c2ncc(C#N)c(Nc3ccc4c(c3)n(CCC(C)(C)O)c(=O)n4C)n2)CC[C@H]1Nc1ccc2c(C3CCC(=O)NC3=O)nn(C)c2c1. The number of imidazole rings is 1. The quantitative estimate of drug-likeness (QED) is 0.164. The predicted molar refractivity (Wildman–Crippen MR) is 197 cm³/mol. The molecule has 3 aromatic heterocycles. The van der Waals surface area contributed by atoms with E-state index in [4.69, 9.17) is 4.98 Å². The van der Waals surface area contributed by atoms with Crippen LogP contribution in [-0.2, 0) is 30.2 Å². The lowest BCUT2D eigenvalue weighted by atomic mass is 9.92. The summed E-state index contributed by atoms with van der Waals surface area (Å²) in [5.74, 6) is 0.131. The van der Waals surface area contributed by atoms with Gasteiger partial charge in [0.2, 0.25) is 17.8 Å². The Labute approximate surface area is 300 Å². The highest BCUT2D eigenvalue weighted by atomic mass is 16.3. The van der Waals surface area contributed by atoms with Crippen LogP contribution in [0.2, 0.25) is 0 Å². The molecule has 15 nitrogen and oxygen atoms in total. The Balaban J connectivity index is 1.05. The molecule has 5 heterocycles. The summed E-state index contributed by atoms with van der Waals surface area (Å²) in [7, 11) is 3.59. The number of carbonyl (C=O) groups is 2. The Morgan fingerprint density at radius 2 is 1.83 bits per heavy atom. The number of nitrogens with one attached hydrogen (secondary N) is 3. The molecule has 0 aliphatic carbocycles. The van der Waals surface area contributed by atoms with Crippen molar-refractivity contribution in [2.75, 3.05) is 28.6 Å². The summed E-state index contributed by atoms with van der Waals surface area (Å²) in [6, 6.07) is 14.0. The molecule has 2 saturated heterocycles. The van der Waals surface area contributed by atoms with Gasteiger partial charge < -0.3 is 20.6 Å². The molecular weight excluding hydrogens is 662 g/mol. The molecule has 270 valence electrons. The molecule has 2 fully saturated rings. The summed E-state index contributed by atoms with van der Waals surface area (Å²) >= 11 is 0. The van der Waals surface area contributed by atoms with Gasteiger partial charge in [-0.25, -0.2) is 9.78 Å². The highest BCUT2D eigenvalue weighted by molar-refractivity contribution is 6.02. The molecule has 2 aromatic carbocycles. The van der Waals surface area contributed by atoms with Crippen molar-refractivity contribution in [2.45, 2.75) is 70.6 Å². The molecular formula is C37H43N11O4. The maximum Gasteiger partial charge on any atom is 0.328 e. The number of piperidine rings is 2. The summed E-state index contributed by atoms with van der Waals surface area (Å²) in [6.07, 6.45) is 3.52. The van der Waals surface area contributed by atoms with E-state index in [1.54, 1.807) is 34.7 Å². The number of aliphatic hydroxyl groups is 1. The van der Waals surface area contributed by atoms with Crippen molar-refractivity contribution < 1.29 is 14.7 Å². The van der Waals surface area contributed by atoms with Gasteiger partial charge in [-0.3, -0.25) is 28.7 Å². The molecule has 2 amide bonds. The lowest BCUT2D eigenvalue weighted by Gasteiger charge is -2.37. The Bertz CT molecular complexity index is 2310. The number of benzene rings is 2. The van der Waals surface area contributed by atoms with Gasteiger partial charge in [0, 0.05) is 63.0 Å². The highest BCUT2D eigenvalue weighted by Gasteiger charge is 2.32. The molecule has 0 saturated carbocycles. The molecule has 0 radical (unpaired) electrons. The van der Waals surface area contributed by atoms with Crippen molar-refractivity contribution >= 4 is 56.9 Å². The van der Waals surface area contributed by atoms with Crippen molar-refractivity contribution in [2.24, 2.45) is 20.0 Å². The van der Waals surface area contributed by atoms with Crippen LogP contribution in [0.1, 0.15) is 63.6 Å². The summed E-state index contributed by atoms with van der Waals surface area (Å²) in [5, 5.41) is 35.2. The smallest absolute Gasteiger partial charge is 0.328 e. The van der Waals surface area contributed by atoms with Crippen molar-refractivity contribution in [3.63, 3.8) is 0 Å². The van der Waals surface area contributed by atoms with Crippen molar-refractivity contribution in [1.82, 2.24) is 34.2 Å². The minimum absolute atomic E-state index is 0.165. The molecule has 0 spiro atoms. The first-order valence-electron chi connectivity index (χ1n) is 17.6. The van der Waals surface area contributed by atoms with Crippen molar-refractivity contribution in [3.8, 4) is 6.07 Å². The van der Waals surface area contributed by atoms with E-state index in [0.717, 1.165) is 34.0 Å². The van der Waals surface area contributed by atoms with Crippen LogP contribution in [0, 0.1) is 17.2 Å². The van der Waals surface area contributed by atoms with E-state index in [0.29, 0.717) is 67.6 Å². The standard InChI is InChI=1S/C37H43N11O4/c1-21-20-47(14-12-27(21)40-23-6-8-25-29(16-23)46(5)44-32(25)26-9-11-31(49)42-34(26)50)35-39-19-22(18-38)33(43-35)41-24-7-10-28-30(17-24)48(36(51)45(28)4)15-13-37(2,3)52/h6-8,10,16-17,19,21,26-27,40,52H,9,11-15,20H2,1-5H3,(H,39,41,43)(H,42,49,50)/t21-,26?,27-/m1/s1. The number of rotatable bonds is 9. The van der Waals surface area contributed by atoms with E-state index in [2.05, 4.69) is 50.0 Å². The maximum atomic E-state index is 13.0. The maximum absolute atomic E-state index is 13.0. The van der Waals surface area contributed by atoms with E-state index >= 15 is 0 Å². The van der Waals surface area contributed by atoms with Gasteiger partial charge in [0.1, 0.15) is 11.6 Å². The molecule has 15 heteroatoms. The van der Waals surface area contributed by atoms with Crippen molar-refractivity contribution in [3.05, 3.63) is 64.3 Å². The number of anilines is 4. The molecule has 3 atom stereocenters. The fourth-order valence-corrected chi connectivity index (χ4v) is 7.27. The average molecular weight is 706 g/mol. The van der Waals surface area contributed by atoms with Crippen molar-refractivity contribution in [1.29, 1.82) is 5.26 Å². The van der Waals surface area contributed by atoms with E-state index in [9.17, 15) is 24.8 Å². The van der Waals surface area contributed by atoms with Gasteiger partial charge in [-0.05, 0) is 75.4 Å². The fraction of sp³-hybridized carbons (Fsp3) is 0.432. The molecule has 2 aliphatic rings. The first kappa shape index (κ1) is 34.7. The van der Waals surface area contributed by atoms with Crippen LogP contribution in [0.15, 0.2) is 47.4 Å². The third kappa shape index (κ3) is 6.69. The van der Waals surface area contributed by atoms with Crippen LogP contribution >= 0.6 is 0 Å². The molecule has 1 unspecified atom stereocenters. The number of aromatic nitrogens is 6. The van der Waals surface area contributed by atoms with Crippen LogP contribution < -0.4 is 26.5 Å². The second-order valence-electron chi connectivity index (χ2n) is 14.6. The summed E-state index contributed by atoms with van der Waals surface area (Å²) in [5.41, 5.74) is 3.92. The third-order valence-electron chi connectivity index (χ3n) is 10.2. The molecule has 52 heavy (non-hydrogen) atoms. The summed E-state index contributed by atoms with van der Waals surface area (Å²) in [6.45, 7) is 7.37. The van der Waals surface area contributed by atoms with Gasteiger partial charge in [-0.1, -0.05) is 6.92 Å². The second-order valence-corrected chi connectivity index (χ2v) is 14.6. The van der Waals surface area contributed by atoms with E-state index < -0.39 is 11.5 Å². The number of amides is 2. The number of aryl methyl sites for hydroxylation is 3. The van der Waals surface area contributed by atoms with Crippen LogP contribution in [0.4, 0.5) is 23.1 Å². The van der Waals surface area contributed by atoms with Gasteiger partial charge in [-0.2, -0.15) is 15.3 Å². The minimum Gasteiger partial charge on any atom is -0.390 e. The van der Waals surface area contributed by atoms with Crippen LogP contribution in [0.3, 0.4) is 0 Å². The van der Waals surface area contributed by atoms with E-state index in [-0.39, 0.29) is 29.5 Å². The first-order valence-corrected chi connectivity index (χ1v) is 17.6. The Hall–Kier alpha value is -5.75. The zero-order chi connectivity index (χ0) is 36.9. The number of nitrogens with zero attached hydrogens (tertiary/aromatic N) is 8. The van der Waals surface area contributed by atoms with Gasteiger partial charge in [0.15, 0.2) is 5.82 Å². The van der Waals surface area contributed by atoms with Gasteiger partial charge in [0.25, 0.3) is 0 Å². The highest BCUT2D eigenvalue weighted by Crippen LogP contribution is 2.33. The number of hydrogen-bond acceptors (Lipinski definition) is 11. The van der Waals surface area contributed by atoms with Gasteiger partial charge in [-0.15, -0.1) is 0 Å². The third-order valence-corrected chi connectivity index (χ3v) is 10.2. The first-order chi connectivity index (χ1) is 24.8. The normalized spacial score (nSPS) is 19.6. The predicted octanol–water partition coefficient (Wildman–Crippen LogP) is 3.64. The molecule has 7 rings (SSSR count). The summed E-state index contributed by atoms with van der Waals surface area (Å²) in [4.78, 5) is 48.7. The molecule has 2 aliphatic heterocycles. The summed E-state index contributed by atoms with van der Waals surface area (Å²) < 4.78 is 5.03. The van der Waals surface area contributed by atoms with Crippen LogP contribution in [-0.4, -0.2) is 70.5 Å². The minimum atomic E-state index is -0.919.